The first-order valence-corrected chi connectivity index (χ1v) is 8.72. The first-order valence-electron chi connectivity index (χ1n) is 8.72. The van der Waals surface area contributed by atoms with Crippen LogP contribution >= 0.6 is 0 Å². The fourth-order valence-corrected chi connectivity index (χ4v) is 3.33. The molecule has 0 aromatic rings. The van der Waals surface area contributed by atoms with Crippen molar-refractivity contribution in [1.29, 1.82) is 0 Å². The number of nitrogens with zero attached hydrogens (tertiary/aromatic N) is 2. The van der Waals surface area contributed by atoms with Gasteiger partial charge in [-0.25, -0.2) is 4.79 Å². The maximum atomic E-state index is 12.4. The first-order chi connectivity index (χ1) is 10.4. The van der Waals surface area contributed by atoms with Crippen molar-refractivity contribution >= 4 is 6.09 Å². The van der Waals surface area contributed by atoms with Gasteiger partial charge in [0.25, 0.3) is 0 Å². The van der Waals surface area contributed by atoms with E-state index in [0.717, 1.165) is 52.1 Å². The Bertz CT molecular complexity index is 353. The molecule has 0 radical (unpaired) electrons. The second-order valence-corrected chi connectivity index (χ2v) is 7.50. The number of carbonyl (C=O) groups is 1. The summed E-state index contributed by atoms with van der Waals surface area (Å²) in [6.07, 6.45) is 4.36. The summed E-state index contributed by atoms with van der Waals surface area (Å²) in [5.41, 5.74) is -0.416. The molecule has 0 saturated carbocycles. The van der Waals surface area contributed by atoms with E-state index in [2.05, 4.69) is 11.8 Å². The van der Waals surface area contributed by atoms with E-state index in [1.165, 1.54) is 6.42 Å². The molecule has 0 aromatic carbocycles. The average molecular weight is 312 g/mol. The number of likely N-dealkylation sites (tertiary alicyclic amines) is 1. The van der Waals surface area contributed by atoms with Gasteiger partial charge in [-0.2, -0.15) is 0 Å². The third kappa shape index (κ3) is 4.85. The lowest BCUT2D eigenvalue weighted by Gasteiger charge is -2.41. The molecule has 2 saturated heterocycles. The van der Waals surface area contributed by atoms with Crippen LogP contribution in [0, 0.1) is 0 Å². The van der Waals surface area contributed by atoms with Gasteiger partial charge in [-0.15, -0.1) is 0 Å². The molecule has 0 aliphatic carbocycles. The summed E-state index contributed by atoms with van der Waals surface area (Å²) >= 11 is 0. The van der Waals surface area contributed by atoms with Crippen LogP contribution in [0.3, 0.4) is 0 Å². The summed E-state index contributed by atoms with van der Waals surface area (Å²) < 4.78 is 11.2. The Kier molecular flexibility index (Phi) is 6.09. The smallest absolute Gasteiger partial charge is 0.410 e. The highest BCUT2D eigenvalue weighted by Gasteiger charge is 2.43. The van der Waals surface area contributed by atoms with E-state index in [-0.39, 0.29) is 6.09 Å². The van der Waals surface area contributed by atoms with E-state index < -0.39 is 5.60 Å². The third-order valence-corrected chi connectivity index (χ3v) is 4.36. The average Bonchev–Trinajstić information content (AvgIpc) is 2.68. The van der Waals surface area contributed by atoms with Gasteiger partial charge in [0.2, 0.25) is 0 Å². The van der Waals surface area contributed by atoms with Crippen LogP contribution in [0.1, 0.15) is 53.4 Å². The van der Waals surface area contributed by atoms with E-state index in [0.29, 0.717) is 12.1 Å². The normalized spacial score (nSPS) is 25.5. The van der Waals surface area contributed by atoms with E-state index in [1.807, 2.05) is 25.7 Å². The van der Waals surface area contributed by atoms with E-state index in [4.69, 9.17) is 9.47 Å². The molecular formula is C17H32N2O3. The molecule has 2 rings (SSSR count). The zero-order chi connectivity index (χ0) is 16.2. The number of unbranched alkanes of at least 4 members (excludes halogenated alkanes) is 1. The van der Waals surface area contributed by atoms with E-state index in [9.17, 15) is 4.79 Å². The van der Waals surface area contributed by atoms with Crippen molar-refractivity contribution in [3.05, 3.63) is 0 Å². The summed E-state index contributed by atoms with van der Waals surface area (Å²) in [7, 11) is 0. The molecule has 2 bridgehead atoms. The third-order valence-electron chi connectivity index (χ3n) is 4.36. The Hall–Kier alpha value is -0.810. The molecular weight excluding hydrogens is 280 g/mol. The van der Waals surface area contributed by atoms with Crippen LogP contribution in [0.5, 0.6) is 0 Å². The van der Waals surface area contributed by atoms with Gasteiger partial charge < -0.3 is 9.47 Å². The molecule has 2 aliphatic rings. The number of ether oxygens (including phenoxy) is 2. The van der Waals surface area contributed by atoms with Crippen LogP contribution in [0.2, 0.25) is 0 Å². The van der Waals surface area contributed by atoms with Gasteiger partial charge in [0.15, 0.2) is 0 Å². The number of amides is 1. The Balaban J connectivity index is 1.78. The summed E-state index contributed by atoms with van der Waals surface area (Å²) in [5.74, 6) is 0. The Morgan fingerprint density at radius 2 is 1.77 bits per heavy atom. The molecule has 2 fully saturated rings. The maximum Gasteiger partial charge on any atom is 0.410 e. The monoisotopic (exact) mass is 312 g/mol. The van der Waals surface area contributed by atoms with Crippen molar-refractivity contribution in [3.8, 4) is 0 Å². The molecule has 0 N–H and O–H groups in total. The highest BCUT2D eigenvalue weighted by Crippen LogP contribution is 2.31. The fourth-order valence-electron chi connectivity index (χ4n) is 3.33. The number of piperazine rings is 1. The van der Waals surface area contributed by atoms with Crippen molar-refractivity contribution in [3.63, 3.8) is 0 Å². The molecule has 0 aromatic heterocycles. The Morgan fingerprint density at radius 1 is 1.14 bits per heavy atom. The van der Waals surface area contributed by atoms with Gasteiger partial charge in [0, 0.05) is 38.3 Å². The summed E-state index contributed by atoms with van der Waals surface area (Å²) in [4.78, 5) is 16.8. The van der Waals surface area contributed by atoms with Gasteiger partial charge >= 0.3 is 6.09 Å². The molecule has 0 spiro atoms. The molecule has 1 amide bonds. The van der Waals surface area contributed by atoms with Crippen molar-refractivity contribution in [1.82, 2.24) is 9.80 Å². The zero-order valence-electron chi connectivity index (χ0n) is 14.6. The standard InChI is InChI=1S/C17H32N2O3/c1-5-6-10-21-11-9-18-12-14-7-8-15(13-18)19(14)16(20)22-17(2,3)4/h14-15H,5-13H2,1-4H3. The van der Waals surface area contributed by atoms with Gasteiger partial charge in [0.05, 0.1) is 6.61 Å². The predicted octanol–water partition coefficient (Wildman–Crippen LogP) is 2.89. The zero-order valence-corrected chi connectivity index (χ0v) is 14.6. The lowest BCUT2D eigenvalue weighted by atomic mass is 10.2. The van der Waals surface area contributed by atoms with Crippen LogP contribution in [-0.4, -0.2) is 66.4 Å². The van der Waals surface area contributed by atoms with Gasteiger partial charge in [-0.3, -0.25) is 9.80 Å². The van der Waals surface area contributed by atoms with Crippen LogP contribution in [0.25, 0.3) is 0 Å². The predicted molar refractivity (Wildman–Crippen MR) is 87.1 cm³/mol. The number of rotatable bonds is 6. The molecule has 5 nitrogen and oxygen atoms in total. The molecule has 5 heteroatoms. The second-order valence-electron chi connectivity index (χ2n) is 7.50. The lowest BCUT2D eigenvalue weighted by molar-refractivity contribution is -0.00832. The summed E-state index contributed by atoms with van der Waals surface area (Å²) in [5, 5.41) is 0. The lowest BCUT2D eigenvalue weighted by Crippen LogP contribution is -2.57. The van der Waals surface area contributed by atoms with Crippen LogP contribution in [0.4, 0.5) is 4.79 Å². The summed E-state index contributed by atoms with van der Waals surface area (Å²) in [6, 6.07) is 0.619. The number of carbonyl (C=O) groups excluding carboxylic acids is 1. The maximum absolute atomic E-state index is 12.4. The van der Waals surface area contributed by atoms with E-state index >= 15 is 0 Å². The molecule has 128 valence electrons. The fraction of sp³-hybridized carbons (Fsp3) is 0.941. The topological polar surface area (TPSA) is 42.0 Å². The van der Waals surface area contributed by atoms with Gasteiger partial charge in [0.1, 0.15) is 5.60 Å². The van der Waals surface area contributed by atoms with Crippen molar-refractivity contribution in [2.75, 3.05) is 32.8 Å². The van der Waals surface area contributed by atoms with Crippen LogP contribution in [-0.2, 0) is 9.47 Å². The molecule has 2 heterocycles. The van der Waals surface area contributed by atoms with E-state index in [1.54, 1.807) is 0 Å². The van der Waals surface area contributed by atoms with Crippen LogP contribution in [0.15, 0.2) is 0 Å². The highest BCUT2D eigenvalue weighted by atomic mass is 16.6. The molecule has 2 unspecified atom stereocenters. The minimum Gasteiger partial charge on any atom is -0.444 e. The van der Waals surface area contributed by atoms with Crippen molar-refractivity contribution in [2.45, 2.75) is 71.1 Å². The van der Waals surface area contributed by atoms with Crippen molar-refractivity contribution in [2.24, 2.45) is 0 Å². The van der Waals surface area contributed by atoms with Gasteiger partial charge in [-0.1, -0.05) is 13.3 Å². The van der Waals surface area contributed by atoms with Crippen molar-refractivity contribution < 1.29 is 14.3 Å². The molecule has 2 aliphatic heterocycles. The minimum atomic E-state index is -0.416. The quantitative estimate of drug-likeness (QED) is 0.707. The number of hydrogen-bond donors (Lipinski definition) is 0. The van der Waals surface area contributed by atoms with Crippen LogP contribution < -0.4 is 0 Å². The largest absolute Gasteiger partial charge is 0.444 e. The first kappa shape index (κ1) is 17.5. The highest BCUT2D eigenvalue weighted by molar-refractivity contribution is 5.69. The number of fused-ring (bicyclic) bond motifs is 2. The second kappa shape index (κ2) is 7.64. The SMILES string of the molecule is CCCCOCCN1CC2CCC(C1)N2C(=O)OC(C)(C)C. The van der Waals surface area contributed by atoms with Gasteiger partial charge in [-0.05, 0) is 40.0 Å². The molecule has 22 heavy (non-hydrogen) atoms. The number of hydrogen-bond acceptors (Lipinski definition) is 4. The summed E-state index contributed by atoms with van der Waals surface area (Å²) in [6.45, 7) is 12.5. The molecule has 2 atom stereocenters. The Labute approximate surface area is 134 Å². The Morgan fingerprint density at radius 3 is 2.32 bits per heavy atom. The minimum absolute atomic E-state index is 0.140.